The summed E-state index contributed by atoms with van der Waals surface area (Å²) in [5.74, 6) is 0.831. The van der Waals surface area contributed by atoms with Gasteiger partial charge in [0.2, 0.25) is 0 Å². The third-order valence-corrected chi connectivity index (χ3v) is 3.32. The molecule has 0 spiro atoms. The van der Waals surface area contributed by atoms with Crippen molar-refractivity contribution in [1.29, 1.82) is 0 Å². The average molecular weight is 223 g/mol. The number of rotatable bonds is 3. The van der Waals surface area contributed by atoms with E-state index < -0.39 is 0 Å². The highest BCUT2D eigenvalue weighted by Gasteiger charge is 2.43. The molecule has 0 saturated heterocycles. The predicted octanol–water partition coefficient (Wildman–Crippen LogP) is 3.07. The lowest BCUT2D eigenvalue weighted by Crippen LogP contribution is -2.02. The van der Waals surface area contributed by atoms with Crippen LogP contribution in [0.5, 0.6) is 0 Å². The highest BCUT2D eigenvalue weighted by Crippen LogP contribution is 2.48. The Kier molecular flexibility index (Phi) is 2.48. The molecule has 84 valence electrons. The van der Waals surface area contributed by atoms with Crippen molar-refractivity contribution in [3.05, 3.63) is 66.0 Å². The van der Waals surface area contributed by atoms with Gasteiger partial charge >= 0.3 is 0 Å². The zero-order valence-electron chi connectivity index (χ0n) is 9.41. The maximum absolute atomic E-state index is 12.2. The van der Waals surface area contributed by atoms with Gasteiger partial charge in [-0.25, -0.2) is 0 Å². The van der Waals surface area contributed by atoms with Crippen LogP contribution in [0, 0.1) is 5.92 Å². The molecule has 1 aromatic heterocycles. The number of ketones is 1. The molecule has 1 aliphatic carbocycles. The second-order valence-corrected chi connectivity index (χ2v) is 4.46. The van der Waals surface area contributed by atoms with Gasteiger partial charge in [0.15, 0.2) is 5.78 Å². The summed E-state index contributed by atoms with van der Waals surface area (Å²) in [4.78, 5) is 16.2. The predicted molar refractivity (Wildman–Crippen MR) is 65.9 cm³/mol. The molecule has 17 heavy (non-hydrogen) atoms. The Balaban J connectivity index is 1.76. The van der Waals surface area contributed by atoms with E-state index in [9.17, 15) is 4.79 Å². The van der Waals surface area contributed by atoms with Crippen molar-refractivity contribution in [2.24, 2.45) is 5.92 Å². The molecule has 0 aliphatic heterocycles. The summed E-state index contributed by atoms with van der Waals surface area (Å²) in [5, 5.41) is 0. The molecular weight excluding hydrogens is 210 g/mol. The van der Waals surface area contributed by atoms with Gasteiger partial charge in [0.25, 0.3) is 0 Å². The first-order valence-electron chi connectivity index (χ1n) is 5.85. The number of benzene rings is 1. The standard InChI is InChI=1S/C15H13NO/c17-15(12-4-2-1-3-5-12)14-10-13(14)11-6-8-16-9-7-11/h1-9,13-14H,10H2/t13-,14+/m1/s1. The van der Waals surface area contributed by atoms with E-state index in [1.807, 2.05) is 42.5 Å². The van der Waals surface area contributed by atoms with E-state index >= 15 is 0 Å². The molecule has 2 aromatic rings. The van der Waals surface area contributed by atoms with Crippen LogP contribution >= 0.6 is 0 Å². The second-order valence-electron chi connectivity index (χ2n) is 4.46. The summed E-state index contributed by atoms with van der Waals surface area (Å²) in [5.41, 5.74) is 2.06. The summed E-state index contributed by atoms with van der Waals surface area (Å²) >= 11 is 0. The maximum atomic E-state index is 12.2. The lowest BCUT2D eigenvalue weighted by atomic mass is 10.0. The Hall–Kier alpha value is -1.96. The third-order valence-electron chi connectivity index (χ3n) is 3.32. The SMILES string of the molecule is O=C(c1ccccc1)[C@H]1C[C@@H]1c1ccncc1. The normalized spacial score (nSPS) is 22.1. The molecule has 1 heterocycles. The molecule has 1 fully saturated rings. The number of hydrogen-bond donors (Lipinski definition) is 0. The van der Waals surface area contributed by atoms with Crippen LogP contribution < -0.4 is 0 Å². The first kappa shape index (κ1) is 10.2. The first-order chi connectivity index (χ1) is 8.36. The minimum absolute atomic E-state index is 0.166. The van der Waals surface area contributed by atoms with E-state index in [-0.39, 0.29) is 11.7 Å². The molecule has 0 bridgehead atoms. The molecule has 0 N–H and O–H groups in total. The number of pyridine rings is 1. The van der Waals surface area contributed by atoms with Crippen LogP contribution in [0.3, 0.4) is 0 Å². The van der Waals surface area contributed by atoms with Crippen molar-refractivity contribution in [3.8, 4) is 0 Å². The summed E-state index contributed by atoms with van der Waals surface area (Å²) in [6.07, 6.45) is 4.55. The highest BCUT2D eigenvalue weighted by atomic mass is 16.1. The summed E-state index contributed by atoms with van der Waals surface area (Å²) in [7, 11) is 0. The van der Waals surface area contributed by atoms with Crippen molar-refractivity contribution >= 4 is 5.78 Å². The number of Topliss-reactive ketones (excluding diaryl/α,β-unsaturated/α-hetero) is 1. The van der Waals surface area contributed by atoms with E-state index in [2.05, 4.69) is 4.98 Å². The quantitative estimate of drug-likeness (QED) is 0.748. The first-order valence-corrected chi connectivity index (χ1v) is 5.85. The highest BCUT2D eigenvalue weighted by molar-refractivity contribution is 6.00. The van der Waals surface area contributed by atoms with E-state index in [1.165, 1.54) is 5.56 Å². The molecule has 1 saturated carbocycles. The summed E-state index contributed by atoms with van der Waals surface area (Å²) < 4.78 is 0. The van der Waals surface area contributed by atoms with Crippen molar-refractivity contribution in [2.75, 3.05) is 0 Å². The zero-order valence-corrected chi connectivity index (χ0v) is 9.41. The fourth-order valence-corrected chi connectivity index (χ4v) is 2.28. The molecule has 2 atom stereocenters. The lowest BCUT2D eigenvalue weighted by Gasteiger charge is -2.00. The number of nitrogens with zero attached hydrogens (tertiary/aromatic N) is 1. The molecule has 1 aliphatic rings. The Morgan fingerprint density at radius 1 is 1.06 bits per heavy atom. The van der Waals surface area contributed by atoms with Gasteiger partial charge in [0.1, 0.15) is 0 Å². The molecule has 0 amide bonds. The summed E-state index contributed by atoms with van der Waals surface area (Å²) in [6.45, 7) is 0. The van der Waals surface area contributed by atoms with Crippen LogP contribution in [-0.2, 0) is 0 Å². The molecule has 2 heteroatoms. The Morgan fingerprint density at radius 2 is 1.76 bits per heavy atom. The van der Waals surface area contributed by atoms with Gasteiger partial charge in [-0.1, -0.05) is 30.3 Å². The van der Waals surface area contributed by atoms with E-state index in [0.717, 1.165) is 12.0 Å². The van der Waals surface area contributed by atoms with Gasteiger partial charge < -0.3 is 0 Å². The van der Waals surface area contributed by atoms with Crippen molar-refractivity contribution in [1.82, 2.24) is 4.98 Å². The number of carbonyl (C=O) groups excluding carboxylic acids is 1. The average Bonchev–Trinajstić information content (AvgIpc) is 3.20. The van der Waals surface area contributed by atoms with Crippen molar-refractivity contribution < 1.29 is 4.79 Å². The number of aromatic nitrogens is 1. The molecule has 0 radical (unpaired) electrons. The minimum atomic E-state index is 0.166. The number of carbonyl (C=O) groups is 1. The van der Waals surface area contributed by atoms with Crippen molar-refractivity contribution in [3.63, 3.8) is 0 Å². The largest absolute Gasteiger partial charge is 0.294 e. The van der Waals surface area contributed by atoms with Gasteiger partial charge in [-0.05, 0) is 30.0 Å². The second kappa shape index (κ2) is 4.13. The fraction of sp³-hybridized carbons (Fsp3) is 0.200. The van der Waals surface area contributed by atoms with Crippen LogP contribution in [0.1, 0.15) is 28.3 Å². The van der Waals surface area contributed by atoms with Gasteiger partial charge in [0, 0.05) is 23.9 Å². The third kappa shape index (κ3) is 1.98. The van der Waals surface area contributed by atoms with Gasteiger partial charge in [-0.2, -0.15) is 0 Å². The number of hydrogen-bond acceptors (Lipinski definition) is 2. The van der Waals surface area contributed by atoms with E-state index in [1.54, 1.807) is 12.4 Å². The van der Waals surface area contributed by atoms with Crippen LogP contribution in [0.25, 0.3) is 0 Å². The Morgan fingerprint density at radius 3 is 2.47 bits per heavy atom. The van der Waals surface area contributed by atoms with Crippen molar-refractivity contribution in [2.45, 2.75) is 12.3 Å². The fourth-order valence-electron chi connectivity index (χ4n) is 2.28. The molecule has 1 aromatic carbocycles. The van der Waals surface area contributed by atoms with Crippen LogP contribution in [-0.4, -0.2) is 10.8 Å². The molecule has 3 rings (SSSR count). The van der Waals surface area contributed by atoms with Crippen LogP contribution in [0.15, 0.2) is 54.9 Å². The van der Waals surface area contributed by atoms with Gasteiger partial charge in [0.05, 0.1) is 0 Å². The van der Waals surface area contributed by atoms with Gasteiger partial charge in [-0.15, -0.1) is 0 Å². The van der Waals surface area contributed by atoms with Crippen LogP contribution in [0.2, 0.25) is 0 Å². The summed E-state index contributed by atoms with van der Waals surface area (Å²) in [6, 6.07) is 13.6. The lowest BCUT2D eigenvalue weighted by molar-refractivity contribution is 0.0965. The minimum Gasteiger partial charge on any atom is -0.294 e. The topological polar surface area (TPSA) is 30.0 Å². The van der Waals surface area contributed by atoms with Crippen LogP contribution in [0.4, 0.5) is 0 Å². The molecular formula is C15H13NO. The monoisotopic (exact) mass is 223 g/mol. The Labute approximate surface area is 100 Å². The van der Waals surface area contributed by atoms with E-state index in [4.69, 9.17) is 0 Å². The smallest absolute Gasteiger partial charge is 0.166 e. The zero-order chi connectivity index (χ0) is 11.7. The van der Waals surface area contributed by atoms with E-state index in [0.29, 0.717) is 5.92 Å². The Bertz CT molecular complexity index is 521. The van der Waals surface area contributed by atoms with Gasteiger partial charge in [-0.3, -0.25) is 9.78 Å². The molecule has 2 nitrogen and oxygen atoms in total. The molecule has 0 unspecified atom stereocenters. The maximum Gasteiger partial charge on any atom is 0.166 e.